The lowest BCUT2D eigenvalue weighted by molar-refractivity contribution is 0.164. The van der Waals surface area contributed by atoms with Crippen LogP contribution in [0.25, 0.3) is 0 Å². The van der Waals surface area contributed by atoms with Gasteiger partial charge in [-0.1, -0.05) is 42.1 Å². The molecule has 2 aliphatic rings. The summed E-state index contributed by atoms with van der Waals surface area (Å²) >= 11 is 12.4. The van der Waals surface area contributed by atoms with Crippen molar-refractivity contribution in [1.29, 1.82) is 0 Å². The van der Waals surface area contributed by atoms with Gasteiger partial charge in [-0.15, -0.1) is 0 Å². The van der Waals surface area contributed by atoms with Gasteiger partial charge in [0.15, 0.2) is 0 Å². The Morgan fingerprint density at radius 2 is 1.95 bits per heavy atom. The third-order valence-electron chi connectivity index (χ3n) is 4.88. The van der Waals surface area contributed by atoms with Gasteiger partial charge in [-0.25, -0.2) is 0 Å². The third kappa shape index (κ3) is 4.13. The number of nitrogens with one attached hydrogen (secondary N) is 1. The first-order valence-electron chi connectivity index (χ1n) is 8.11. The van der Waals surface area contributed by atoms with Gasteiger partial charge in [0.2, 0.25) is 0 Å². The van der Waals surface area contributed by atoms with Crippen LogP contribution in [0.5, 0.6) is 0 Å². The summed E-state index contributed by atoms with van der Waals surface area (Å²) in [6.45, 7) is 4.48. The SMILES string of the molecule is Clc1ccc(CN(C[C@H]2CCNC2)C2CCCC2)c(Cl)c1. The molecular formula is C17H24Cl2N2. The molecule has 4 heteroatoms. The van der Waals surface area contributed by atoms with Gasteiger partial charge in [0.25, 0.3) is 0 Å². The van der Waals surface area contributed by atoms with Gasteiger partial charge in [0, 0.05) is 29.2 Å². The van der Waals surface area contributed by atoms with Crippen molar-refractivity contribution in [2.24, 2.45) is 5.92 Å². The molecule has 1 aliphatic carbocycles. The quantitative estimate of drug-likeness (QED) is 0.865. The van der Waals surface area contributed by atoms with Crippen LogP contribution < -0.4 is 5.32 Å². The fourth-order valence-electron chi connectivity index (χ4n) is 3.68. The number of rotatable bonds is 5. The first-order chi connectivity index (χ1) is 10.2. The highest BCUT2D eigenvalue weighted by atomic mass is 35.5. The molecule has 0 amide bonds. The summed E-state index contributed by atoms with van der Waals surface area (Å²) in [5.41, 5.74) is 1.21. The van der Waals surface area contributed by atoms with Crippen molar-refractivity contribution in [2.75, 3.05) is 19.6 Å². The monoisotopic (exact) mass is 326 g/mol. The Kier molecular flexibility index (Phi) is 5.44. The lowest BCUT2D eigenvalue weighted by Gasteiger charge is -2.31. The molecule has 2 fully saturated rings. The van der Waals surface area contributed by atoms with Crippen molar-refractivity contribution in [3.05, 3.63) is 33.8 Å². The van der Waals surface area contributed by atoms with Gasteiger partial charge in [-0.3, -0.25) is 4.90 Å². The Labute approximate surface area is 137 Å². The van der Waals surface area contributed by atoms with Crippen molar-refractivity contribution in [2.45, 2.75) is 44.7 Å². The summed E-state index contributed by atoms with van der Waals surface area (Å²) in [6.07, 6.45) is 6.73. The van der Waals surface area contributed by atoms with Crippen LogP contribution in [0, 0.1) is 5.92 Å². The normalized spacial score (nSPS) is 23.3. The Bertz CT molecular complexity index is 466. The van der Waals surface area contributed by atoms with Crippen molar-refractivity contribution in [3.63, 3.8) is 0 Å². The van der Waals surface area contributed by atoms with E-state index in [0.717, 1.165) is 35.1 Å². The van der Waals surface area contributed by atoms with Crippen molar-refractivity contribution in [3.8, 4) is 0 Å². The second-order valence-electron chi connectivity index (χ2n) is 6.46. The average molecular weight is 327 g/mol. The van der Waals surface area contributed by atoms with Gasteiger partial charge in [-0.2, -0.15) is 0 Å². The minimum absolute atomic E-state index is 0.719. The first-order valence-corrected chi connectivity index (χ1v) is 8.86. The van der Waals surface area contributed by atoms with Crippen LogP contribution in [-0.2, 0) is 6.54 Å². The molecule has 2 nitrogen and oxygen atoms in total. The number of hydrogen-bond acceptors (Lipinski definition) is 2. The molecule has 1 aromatic carbocycles. The number of hydrogen-bond donors (Lipinski definition) is 1. The molecule has 21 heavy (non-hydrogen) atoms. The first kappa shape index (κ1) is 15.6. The predicted molar refractivity (Wildman–Crippen MR) is 90.1 cm³/mol. The van der Waals surface area contributed by atoms with E-state index in [0.29, 0.717) is 0 Å². The maximum absolute atomic E-state index is 6.37. The molecule has 3 rings (SSSR count). The van der Waals surface area contributed by atoms with Crippen LogP contribution >= 0.6 is 23.2 Å². The van der Waals surface area contributed by atoms with E-state index in [2.05, 4.69) is 16.3 Å². The van der Waals surface area contributed by atoms with Gasteiger partial charge in [0.05, 0.1) is 0 Å². The molecule has 1 saturated carbocycles. The van der Waals surface area contributed by atoms with E-state index in [4.69, 9.17) is 23.2 Å². The molecule has 116 valence electrons. The zero-order valence-corrected chi connectivity index (χ0v) is 14.0. The number of benzene rings is 1. The van der Waals surface area contributed by atoms with Crippen LogP contribution in [0.1, 0.15) is 37.7 Å². The zero-order chi connectivity index (χ0) is 14.7. The smallest absolute Gasteiger partial charge is 0.0465 e. The van der Waals surface area contributed by atoms with Gasteiger partial charge in [0.1, 0.15) is 0 Å². The van der Waals surface area contributed by atoms with E-state index in [-0.39, 0.29) is 0 Å². The van der Waals surface area contributed by atoms with Crippen molar-refractivity contribution in [1.82, 2.24) is 10.2 Å². The molecule has 0 radical (unpaired) electrons. The predicted octanol–water partition coefficient (Wildman–Crippen LogP) is 4.35. The second-order valence-corrected chi connectivity index (χ2v) is 7.31. The van der Waals surface area contributed by atoms with E-state index in [1.165, 1.54) is 50.8 Å². The second kappa shape index (κ2) is 7.32. The Balaban J connectivity index is 1.70. The van der Waals surface area contributed by atoms with Gasteiger partial charge in [-0.05, 0) is 56.0 Å². The van der Waals surface area contributed by atoms with Crippen LogP contribution in [0.15, 0.2) is 18.2 Å². The molecule has 1 heterocycles. The lowest BCUT2D eigenvalue weighted by Crippen LogP contribution is -2.37. The Hall–Kier alpha value is -0.280. The summed E-state index contributed by atoms with van der Waals surface area (Å²) < 4.78 is 0. The van der Waals surface area contributed by atoms with E-state index >= 15 is 0 Å². The van der Waals surface area contributed by atoms with E-state index < -0.39 is 0 Å². The summed E-state index contributed by atoms with van der Waals surface area (Å²) in [4.78, 5) is 2.67. The minimum Gasteiger partial charge on any atom is -0.316 e. The maximum Gasteiger partial charge on any atom is 0.0465 e. The molecule has 0 unspecified atom stereocenters. The molecule has 0 aromatic heterocycles. The molecule has 0 bridgehead atoms. The topological polar surface area (TPSA) is 15.3 Å². The molecular weight excluding hydrogens is 303 g/mol. The molecule has 1 atom stereocenters. The van der Waals surface area contributed by atoms with Crippen LogP contribution in [0.4, 0.5) is 0 Å². The van der Waals surface area contributed by atoms with E-state index in [1.807, 2.05) is 12.1 Å². The molecule has 1 aromatic rings. The Morgan fingerprint density at radius 1 is 1.14 bits per heavy atom. The molecule has 1 saturated heterocycles. The maximum atomic E-state index is 6.37. The summed E-state index contributed by atoms with van der Waals surface area (Å²) in [7, 11) is 0. The number of halogens is 2. The average Bonchev–Trinajstić information content (AvgIpc) is 3.13. The van der Waals surface area contributed by atoms with E-state index in [1.54, 1.807) is 0 Å². The highest BCUT2D eigenvalue weighted by Crippen LogP contribution is 2.29. The van der Waals surface area contributed by atoms with Crippen LogP contribution in [-0.4, -0.2) is 30.6 Å². The molecule has 1 N–H and O–H groups in total. The van der Waals surface area contributed by atoms with Gasteiger partial charge < -0.3 is 5.32 Å². The largest absolute Gasteiger partial charge is 0.316 e. The standard InChI is InChI=1S/C17H24Cl2N2/c18-15-6-5-14(17(19)9-15)12-21(16-3-1-2-4-16)11-13-7-8-20-10-13/h5-6,9,13,16,20H,1-4,7-8,10-12H2/t13-/m0/s1. The summed E-state index contributed by atoms with van der Waals surface area (Å²) in [5.74, 6) is 0.789. The van der Waals surface area contributed by atoms with Gasteiger partial charge >= 0.3 is 0 Å². The van der Waals surface area contributed by atoms with Crippen LogP contribution in [0.3, 0.4) is 0 Å². The van der Waals surface area contributed by atoms with Crippen LogP contribution in [0.2, 0.25) is 10.0 Å². The van der Waals surface area contributed by atoms with E-state index in [9.17, 15) is 0 Å². The summed E-state index contributed by atoms with van der Waals surface area (Å²) in [6, 6.07) is 6.63. The highest BCUT2D eigenvalue weighted by Gasteiger charge is 2.26. The Morgan fingerprint density at radius 3 is 2.62 bits per heavy atom. The van der Waals surface area contributed by atoms with Crippen molar-refractivity contribution >= 4 is 23.2 Å². The lowest BCUT2D eigenvalue weighted by atomic mass is 10.1. The zero-order valence-electron chi connectivity index (χ0n) is 12.5. The van der Waals surface area contributed by atoms with Crippen molar-refractivity contribution < 1.29 is 0 Å². The fourth-order valence-corrected chi connectivity index (χ4v) is 4.15. The minimum atomic E-state index is 0.719. The third-order valence-corrected chi connectivity index (χ3v) is 5.47. The molecule has 0 spiro atoms. The highest BCUT2D eigenvalue weighted by molar-refractivity contribution is 6.35. The number of nitrogens with zero attached hydrogens (tertiary/aromatic N) is 1. The fraction of sp³-hybridized carbons (Fsp3) is 0.647. The molecule has 1 aliphatic heterocycles. The summed E-state index contributed by atoms with van der Waals surface area (Å²) in [5, 5.41) is 5.00.